The van der Waals surface area contributed by atoms with Crippen LogP contribution in [0.2, 0.25) is 10.0 Å². The van der Waals surface area contributed by atoms with Gasteiger partial charge in [0.05, 0.1) is 14.9 Å². The number of halogens is 2. The second-order valence-corrected chi connectivity index (χ2v) is 9.38. The highest BCUT2D eigenvalue weighted by atomic mass is 35.5. The van der Waals surface area contributed by atoms with Crippen LogP contribution in [-0.2, 0) is 23.0 Å². The van der Waals surface area contributed by atoms with Crippen LogP contribution in [-0.4, -0.2) is 24.5 Å². The Morgan fingerprint density at radius 1 is 1.19 bits per heavy atom. The molecule has 2 heterocycles. The van der Waals surface area contributed by atoms with Crippen LogP contribution >= 0.6 is 23.2 Å². The molecular formula is C19H21Cl2N3O2S. The number of rotatable bonds is 7. The summed E-state index contributed by atoms with van der Waals surface area (Å²) >= 11 is 11.8. The van der Waals surface area contributed by atoms with Gasteiger partial charge < -0.3 is 4.57 Å². The van der Waals surface area contributed by atoms with Crippen LogP contribution in [0, 0.1) is 5.92 Å². The highest BCUT2D eigenvalue weighted by molar-refractivity contribution is 7.89. The molecule has 0 saturated heterocycles. The lowest BCUT2D eigenvalue weighted by Gasteiger charge is -2.07. The molecule has 3 rings (SSSR count). The first-order valence-corrected chi connectivity index (χ1v) is 10.9. The second kappa shape index (κ2) is 8.19. The number of aromatic nitrogens is 2. The van der Waals surface area contributed by atoms with Crippen LogP contribution in [0.1, 0.15) is 19.4 Å². The minimum absolute atomic E-state index is 0.0980. The molecule has 0 aliphatic carbocycles. The zero-order chi connectivity index (χ0) is 19.6. The average Bonchev–Trinajstić information content (AvgIpc) is 2.94. The smallest absolute Gasteiger partial charge is 0.240 e. The quantitative estimate of drug-likeness (QED) is 0.604. The number of nitrogens with zero attached hydrogens (tertiary/aromatic N) is 2. The molecule has 0 radical (unpaired) electrons. The van der Waals surface area contributed by atoms with Crippen molar-refractivity contribution >= 4 is 44.3 Å². The molecule has 0 bridgehead atoms. The lowest BCUT2D eigenvalue weighted by Crippen LogP contribution is -2.26. The van der Waals surface area contributed by atoms with Crippen LogP contribution in [0.15, 0.2) is 47.6 Å². The van der Waals surface area contributed by atoms with Gasteiger partial charge >= 0.3 is 0 Å². The van der Waals surface area contributed by atoms with Crippen molar-refractivity contribution in [1.29, 1.82) is 0 Å². The number of pyridine rings is 1. The maximum Gasteiger partial charge on any atom is 0.240 e. The van der Waals surface area contributed by atoms with E-state index in [-0.39, 0.29) is 16.5 Å². The molecule has 0 aliphatic rings. The Labute approximate surface area is 169 Å². The number of hydrogen-bond donors (Lipinski definition) is 1. The number of fused-ring (bicyclic) bond motifs is 1. The Bertz CT molecular complexity index is 1060. The normalized spacial score (nSPS) is 12.2. The number of sulfonamides is 1. The van der Waals surface area contributed by atoms with E-state index in [1.54, 1.807) is 6.20 Å². The van der Waals surface area contributed by atoms with E-state index in [0.29, 0.717) is 17.4 Å². The molecule has 0 saturated carbocycles. The molecule has 0 fully saturated rings. The summed E-state index contributed by atoms with van der Waals surface area (Å²) in [4.78, 5) is 4.57. The molecule has 3 aromatic rings. The SMILES string of the molecule is CC(C)Cn1cc(CCNS(=O)(=O)c2ccc(Cl)c(Cl)c2)c2cccnc21. The Morgan fingerprint density at radius 2 is 1.96 bits per heavy atom. The summed E-state index contributed by atoms with van der Waals surface area (Å²) in [5, 5.41) is 1.58. The molecule has 0 spiro atoms. The zero-order valence-electron chi connectivity index (χ0n) is 15.1. The molecule has 5 nitrogen and oxygen atoms in total. The van der Waals surface area contributed by atoms with Gasteiger partial charge in [0.15, 0.2) is 0 Å². The van der Waals surface area contributed by atoms with E-state index in [9.17, 15) is 8.42 Å². The maximum atomic E-state index is 12.5. The molecule has 0 aliphatic heterocycles. The van der Waals surface area contributed by atoms with Crippen LogP contribution < -0.4 is 4.72 Å². The Morgan fingerprint density at radius 3 is 2.67 bits per heavy atom. The van der Waals surface area contributed by atoms with Crippen molar-refractivity contribution < 1.29 is 8.42 Å². The third kappa shape index (κ3) is 4.63. The molecule has 1 N–H and O–H groups in total. The fourth-order valence-electron chi connectivity index (χ4n) is 2.97. The van der Waals surface area contributed by atoms with Gasteiger partial charge in [-0.15, -0.1) is 0 Å². The summed E-state index contributed by atoms with van der Waals surface area (Å²) in [5.41, 5.74) is 1.99. The van der Waals surface area contributed by atoms with Gasteiger partial charge in [-0.3, -0.25) is 0 Å². The van der Waals surface area contributed by atoms with E-state index >= 15 is 0 Å². The van der Waals surface area contributed by atoms with Crippen molar-refractivity contribution in [2.75, 3.05) is 6.54 Å². The summed E-state index contributed by atoms with van der Waals surface area (Å²) in [7, 11) is -3.65. The highest BCUT2D eigenvalue weighted by Crippen LogP contribution is 2.25. The fraction of sp³-hybridized carbons (Fsp3) is 0.316. The van der Waals surface area contributed by atoms with Crippen LogP contribution in [0.5, 0.6) is 0 Å². The van der Waals surface area contributed by atoms with Crippen molar-refractivity contribution in [3.63, 3.8) is 0 Å². The van der Waals surface area contributed by atoms with Gasteiger partial charge in [0.25, 0.3) is 0 Å². The summed E-state index contributed by atoms with van der Waals surface area (Å²) < 4.78 is 29.7. The molecule has 0 amide bonds. The van der Waals surface area contributed by atoms with Crippen molar-refractivity contribution in [2.24, 2.45) is 5.92 Å². The van der Waals surface area contributed by atoms with Gasteiger partial charge in [-0.1, -0.05) is 37.0 Å². The zero-order valence-corrected chi connectivity index (χ0v) is 17.4. The summed E-state index contributed by atoms with van der Waals surface area (Å²) in [6.07, 6.45) is 4.40. The average molecular weight is 426 g/mol. The molecule has 8 heteroatoms. The van der Waals surface area contributed by atoms with Crippen LogP contribution in [0.25, 0.3) is 11.0 Å². The van der Waals surface area contributed by atoms with Gasteiger partial charge in [0.2, 0.25) is 10.0 Å². The van der Waals surface area contributed by atoms with Crippen LogP contribution in [0.3, 0.4) is 0 Å². The topological polar surface area (TPSA) is 64.0 Å². The first kappa shape index (κ1) is 20.1. The van der Waals surface area contributed by atoms with Crippen molar-refractivity contribution in [3.05, 3.63) is 58.3 Å². The van der Waals surface area contributed by atoms with Gasteiger partial charge in [-0.05, 0) is 48.2 Å². The van der Waals surface area contributed by atoms with E-state index in [0.717, 1.165) is 23.1 Å². The Kier molecular flexibility index (Phi) is 6.11. The van der Waals surface area contributed by atoms with Gasteiger partial charge in [0.1, 0.15) is 5.65 Å². The fourth-order valence-corrected chi connectivity index (χ4v) is 4.39. The summed E-state index contributed by atoms with van der Waals surface area (Å²) in [5.74, 6) is 0.489. The number of hydrogen-bond acceptors (Lipinski definition) is 3. The van der Waals surface area contributed by atoms with Crippen molar-refractivity contribution in [1.82, 2.24) is 14.3 Å². The Hall–Kier alpha value is -1.60. The monoisotopic (exact) mass is 425 g/mol. The van der Waals surface area contributed by atoms with E-state index < -0.39 is 10.0 Å². The molecule has 2 aromatic heterocycles. The lowest BCUT2D eigenvalue weighted by atomic mass is 10.2. The van der Waals surface area contributed by atoms with Gasteiger partial charge in [-0.25, -0.2) is 18.1 Å². The van der Waals surface area contributed by atoms with E-state index in [4.69, 9.17) is 23.2 Å². The molecule has 144 valence electrons. The first-order chi connectivity index (χ1) is 12.8. The standard InChI is InChI=1S/C19H21Cl2N3O2S/c1-13(2)11-24-12-14(16-4-3-8-22-19(16)24)7-9-23-27(25,26)15-5-6-17(20)18(21)10-15/h3-6,8,10,12-13,23H,7,9,11H2,1-2H3. The van der Waals surface area contributed by atoms with Crippen molar-refractivity contribution in [2.45, 2.75) is 31.7 Å². The van der Waals surface area contributed by atoms with Crippen molar-refractivity contribution in [3.8, 4) is 0 Å². The number of benzene rings is 1. The van der Waals surface area contributed by atoms with Gasteiger partial charge in [-0.2, -0.15) is 0 Å². The van der Waals surface area contributed by atoms with E-state index in [2.05, 4.69) is 34.3 Å². The third-order valence-electron chi connectivity index (χ3n) is 4.17. The van der Waals surface area contributed by atoms with E-state index in [1.807, 2.05) is 12.1 Å². The largest absolute Gasteiger partial charge is 0.332 e. The predicted molar refractivity (Wildman–Crippen MR) is 110 cm³/mol. The first-order valence-electron chi connectivity index (χ1n) is 8.65. The molecule has 0 atom stereocenters. The molecular weight excluding hydrogens is 405 g/mol. The second-order valence-electron chi connectivity index (χ2n) is 6.80. The predicted octanol–water partition coefficient (Wildman–Crippen LogP) is 4.52. The summed E-state index contributed by atoms with van der Waals surface area (Å²) in [6, 6.07) is 8.18. The van der Waals surface area contributed by atoms with Gasteiger partial charge in [0, 0.05) is 30.9 Å². The minimum atomic E-state index is -3.65. The summed E-state index contributed by atoms with van der Waals surface area (Å²) in [6.45, 7) is 5.44. The minimum Gasteiger partial charge on any atom is -0.332 e. The third-order valence-corrected chi connectivity index (χ3v) is 6.36. The van der Waals surface area contributed by atoms with E-state index in [1.165, 1.54) is 18.2 Å². The molecule has 1 aromatic carbocycles. The number of nitrogens with one attached hydrogen (secondary N) is 1. The molecule has 0 unspecified atom stereocenters. The lowest BCUT2D eigenvalue weighted by molar-refractivity contribution is 0.532. The Balaban J connectivity index is 1.76. The maximum absolute atomic E-state index is 12.5. The molecule has 27 heavy (non-hydrogen) atoms. The highest BCUT2D eigenvalue weighted by Gasteiger charge is 2.16. The van der Waals surface area contributed by atoms with Crippen LogP contribution in [0.4, 0.5) is 0 Å².